The number of hydrogen-bond acceptors (Lipinski definition) is 16. The molecule has 0 aromatic rings. The van der Waals surface area contributed by atoms with Gasteiger partial charge in [0, 0.05) is 178 Å². The Labute approximate surface area is 402 Å². The van der Waals surface area contributed by atoms with Crippen molar-refractivity contribution in [2.75, 3.05) is 100 Å². The smallest absolute Gasteiger partial charge is 0.0537 e. The van der Waals surface area contributed by atoms with E-state index >= 15 is 0 Å². The molecule has 0 saturated carbocycles. The molecule has 0 N–H and O–H groups in total. The van der Waals surface area contributed by atoms with E-state index in [4.69, 9.17) is 0 Å². The molecule has 0 bridgehead atoms. The molecule has 0 amide bonds. The summed E-state index contributed by atoms with van der Waals surface area (Å²) < 4.78 is 118. The second kappa shape index (κ2) is 37.5. The lowest BCUT2D eigenvalue weighted by molar-refractivity contribution is 0.677. The third-order valence-corrected chi connectivity index (χ3v) is 11.2. The first-order valence-corrected chi connectivity index (χ1v) is 39.3. The van der Waals surface area contributed by atoms with Crippen LogP contribution in [-0.4, -0.2) is 182 Å². The van der Waals surface area contributed by atoms with Gasteiger partial charge >= 0.3 is 0 Å². The van der Waals surface area contributed by atoms with Gasteiger partial charge in [0.25, 0.3) is 0 Å². The van der Waals surface area contributed by atoms with E-state index in [2.05, 4.69) is 34.9 Å². The summed E-state index contributed by atoms with van der Waals surface area (Å²) in [7, 11) is -14.8. The molecule has 400 valence electrons. The summed E-state index contributed by atoms with van der Waals surface area (Å²) in [6.45, 7) is 30.8. The van der Waals surface area contributed by atoms with E-state index < -0.39 is 77.8 Å². The first-order chi connectivity index (χ1) is 27.3. The van der Waals surface area contributed by atoms with Gasteiger partial charge in [0.15, 0.2) is 0 Å². The molecule has 24 heteroatoms. The average Bonchev–Trinajstić information content (AvgIpc) is 2.78. The second-order valence-electron chi connectivity index (χ2n) is 19.0. The van der Waals surface area contributed by atoms with Crippen LogP contribution in [0.1, 0.15) is 111 Å². The van der Waals surface area contributed by atoms with Crippen LogP contribution in [0.25, 0.3) is 0 Å². The standard InChI is InChI=1S/8C5H13NOS/c8*1-5(2)6-8(3,4)7/h8*5H,1-4H3. The Bertz CT molecular complexity index is 1740. The van der Waals surface area contributed by atoms with Gasteiger partial charge in [-0.15, -0.1) is 0 Å². The molecule has 0 heterocycles. The third kappa shape index (κ3) is 144. The topological polar surface area (TPSA) is 235 Å². The van der Waals surface area contributed by atoms with Crippen molar-refractivity contribution in [1.82, 2.24) is 0 Å². The van der Waals surface area contributed by atoms with Crippen molar-refractivity contribution < 1.29 is 33.7 Å². The number of hydrogen-bond donors (Lipinski definition) is 0. The van der Waals surface area contributed by atoms with Gasteiger partial charge in [-0.2, -0.15) is 0 Å². The van der Waals surface area contributed by atoms with Gasteiger partial charge in [0.2, 0.25) is 0 Å². The van der Waals surface area contributed by atoms with Crippen molar-refractivity contribution in [3.63, 3.8) is 0 Å². The molecule has 0 aliphatic heterocycles. The predicted molar refractivity (Wildman–Crippen MR) is 300 cm³/mol. The van der Waals surface area contributed by atoms with E-state index in [0.29, 0.717) is 0 Å². The molecule has 0 saturated heterocycles. The van der Waals surface area contributed by atoms with E-state index in [1.54, 1.807) is 100 Å². The van der Waals surface area contributed by atoms with Gasteiger partial charge in [-0.1, -0.05) is 0 Å². The molecule has 16 nitrogen and oxygen atoms in total. The Hall–Kier alpha value is -0.400. The predicted octanol–water partition coefficient (Wildman–Crippen LogP) is 8.98. The van der Waals surface area contributed by atoms with Crippen LogP contribution in [-0.2, 0) is 77.8 Å². The molecule has 0 aliphatic carbocycles. The molecule has 0 aromatic carbocycles. The van der Waals surface area contributed by atoms with E-state index in [1.165, 1.54) is 0 Å². The summed E-state index contributed by atoms with van der Waals surface area (Å²) in [5.41, 5.74) is 0. The summed E-state index contributed by atoms with van der Waals surface area (Å²) >= 11 is 0. The van der Waals surface area contributed by atoms with Gasteiger partial charge in [-0.3, -0.25) is 33.7 Å². The normalized spacial score (nSPS) is 12.1. The van der Waals surface area contributed by atoms with E-state index in [-0.39, 0.29) is 48.3 Å². The summed E-state index contributed by atoms with van der Waals surface area (Å²) in [4.78, 5) is 0. The molecule has 0 unspecified atom stereocenters. The highest BCUT2D eigenvalue weighted by Crippen LogP contribution is 1.95. The average molecular weight is 1080 g/mol. The fourth-order valence-electron chi connectivity index (χ4n) is 4.06. The molecule has 0 fully saturated rings. The zero-order valence-corrected chi connectivity index (χ0v) is 53.3. The van der Waals surface area contributed by atoms with Gasteiger partial charge in [0.1, 0.15) is 0 Å². The molecule has 0 aliphatic rings. The Morgan fingerprint density at radius 2 is 0.219 bits per heavy atom. The maximum absolute atomic E-state index is 10.8. The summed E-state index contributed by atoms with van der Waals surface area (Å²) in [5.74, 6) is 0. The Morgan fingerprint density at radius 3 is 0.219 bits per heavy atom. The van der Waals surface area contributed by atoms with Crippen molar-refractivity contribution in [3.05, 3.63) is 0 Å². The monoisotopic (exact) mass is 1080 g/mol. The van der Waals surface area contributed by atoms with Crippen molar-refractivity contribution in [1.29, 1.82) is 0 Å². The minimum Gasteiger partial charge on any atom is -0.250 e. The number of nitrogens with zero attached hydrogens (tertiary/aromatic N) is 8. The largest absolute Gasteiger partial charge is 0.250 e. The van der Waals surface area contributed by atoms with Crippen LogP contribution >= 0.6 is 0 Å². The lowest BCUT2D eigenvalue weighted by Gasteiger charge is -1.96. The first-order valence-electron chi connectivity index (χ1n) is 20.6. The van der Waals surface area contributed by atoms with E-state index in [1.807, 2.05) is 111 Å². The summed E-state index contributed by atoms with van der Waals surface area (Å²) in [6.07, 6.45) is 26.3. The summed E-state index contributed by atoms with van der Waals surface area (Å²) in [6, 6.07) is 1.54. The molecule has 0 radical (unpaired) electrons. The van der Waals surface area contributed by atoms with Crippen LogP contribution in [0.3, 0.4) is 0 Å². The highest BCUT2D eigenvalue weighted by molar-refractivity contribution is 7.93. The molecule has 0 spiro atoms. The van der Waals surface area contributed by atoms with Crippen LogP contribution in [0.5, 0.6) is 0 Å². The molecular weight excluding hydrogens is 977 g/mol. The maximum atomic E-state index is 10.8. The Kier molecular flexibility index (Phi) is 47.2. The van der Waals surface area contributed by atoms with Crippen molar-refractivity contribution >= 4 is 77.8 Å². The van der Waals surface area contributed by atoms with Crippen LogP contribution in [0.15, 0.2) is 34.9 Å². The quantitative estimate of drug-likeness (QED) is 0.227. The zero-order valence-electron chi connectivity index (χ0n) is 46.7. The molecule has 0 aromatic heterocycles. The molecule has 64 heavy (non-hydrogen) atoms. The van der Waals surface area contributed by atoms with Crippen LogP contribution < -0.4 is 0 Å². The Morgan fingerprint density at radius 1 is 0.172 bits per heavy atom. The minimum atomic E-state index is -1.85. The molecule has 0 rings (SSSR count). The van der Waals surface area contributed by atoms with Crippen LogP contribution in [0.4, 0.5) is 0 Å². The fourth-order valence-corrected chi connectivity index (χ4v) is 12.2. The minimum absolute atomic E-state index is 0.192. The maximum Gasteiger partial charge on any atom is 0.0537 e. The molecular formula is C40H104N8O8S8. The lowest BCUT2D eigenvalue weighted by Crippen LogP contribution is -1.97. The van der Waals surface area contributed by atoms with Gasteiger partial charge in [-0.05, 0) is 111 Å². The Balaban J connectivity index is -0.0000000933. The van der Waals surface area contributed by atoms with Gasteiger partial charge in [-0.25, -0.2) is 34.9 Å². The third-order valence-electron chi connectivity index (χ3n) is 3.72. The summed E-state index contributed by atoms with van der Waals surface area (Å²) in [5, 5.41) is 0. The van der Waals surface area contributed by atoms with Crippen molar-refractivity contribution in [2.24, 2.45) is 34.9 Å². The lowest BCUT2D eigenvalue weighted by atomic mass is 10.4. The van der Waals surface area contributed by atoms with E-state index in [9.17, 15) is 33.7 Å². The van der Waals surface area contributed by atoms with Crippen LogP contribution in [0, 0.1) is 0 Å². The van der Waals surface area contributed by atoms with Crippen LogP contribution in [0.2, 0.25) is 0 Å². The second-order valence-corrected chi connectivity index (χ2v) is 39.6. The molecule has 0 atom stereocenters. The highest BCUT2D eigenvalue weighted by Gasteiger charge is 1.95. The SMILES string of the molecule is CC(C)N=S(C)(C)=O.CC(C)N=S(C)(C)=O.CC(C)N=S(C)(C)=O.CC(C)N=S(C)(C)=O.CC(C)N=S(C)(C)=O.CC(C)N=S(C)(C)=O.CC(C)N=S(C)(C)=O.CC(C)N=S(C)(C)=O. The fraction of sp³-hybridized carbons (Fsp3) is 1.00. The van der Waals surface area contributed by atoms with Gasteiger partial charge < -0.3 is 0 Å². The van der Waals surface area contributed by atoms with Crippen molar-refractivity contribution in [3.8, 4) is 0 Å². The van der Waals surface area contributed by atoms with E-state index in [0.717, 1.165) is 0 Å². The van der Waals surface area contributed by atoms with Crippen molar-refractivity contribution in [2.45, 2.75) is 159 Å². The first kappa shape index (κ1) is 80.6. The zero-order chi connectivity index (χ0) is 54.3. The van der Waals surface area contributed by atoms with Gasteiger partial charge in [0.05, 0.1) is 48.3 Å². The highest BCUT2D eigenvalue weighted by atomic mass is 32.2. The number of rotatable bonds is 8.